The number of aliphatic hydroxyl groups is 1. The molecule has 0 aromatic carbocycles. The SMILES string of the molecule is CC/C=C\C/C=C\C/C=C\C/C=C\C/C=C\C/C=C\CCC(=O)OCC(COP(=O)(O)OCC(O)COP(=O)(O)OCC(COC(=O)C/C=C\C/C=C\C/C=C\C/C=C\C/C=C\CC)OC(=O)CCCCCCC/C=C\C/C=C\C/C=C\CC)OC(=O)CCCCCCCC/C=C\C/C=C\C/C=C\CCCCC. The van der Waals surface area contributed by atoms with Gasteiger partial charge in [0.05, 0.1) is 32.8 Å². The predicted molar refractivity (Wildman–Crippen MR) is 445 cm³/mol. The van der Waals surface area contributed by atoms with E-state index in [0.717, 1.165) is 167 Å². The zero-order valence-electron chi connectivity index (χ0n) is 66.4. The van der Waals surface area contributed by atoms with Gasteiger partial charge in [0.15, 0.2) is 12.2 Å². The highest BCUT2D eigenvalue weighted by atomic mass is 31.2. The van der Waals surface area contributed by atoms with Crippen LogP contribution in [-0.4, -0.2) is 96.7 Å². The molecule has 3 N–H and O–H groups in total. The molecular formula is C89H140O17P2. The maximum atomic E-state index is 13.1. The monoisotopic (exact) mass is 1540 g/mol. The van der Waals surface area contributed by atoms with Gasteiger partial charge in [-0.1, -0.05) is 292 Å². The molecule has 0 aliphatic carbocycles. The number of hydrogen-bond acceptors (Lipinski definition) is 15. The minimum absolute atomic E-state index is 0.0226. The van der Waals surface area contributed by atoms with Crippen molar-refractivity contribution in [1.82, 2.24) is 0 Å². The molecule has 5 unspecified atom stereocenters. The lowest BCUT2D eigenvalue weighted by Gasteiger charge is -2.21. The molecule has 19 heteroatoms. The van der Waals surface area contributed by atoms with Crippen LogP contribution in [0, 0.1) is 0 Å². The highest BCUT2D eigenvalue weighted by Gasteiger charge is 2.30. The molecule has 608 valence electrons. The van der Waals surface area contributed by atoms with Gasteiger partial charge in [-0.25, -0.2) is 9.13 Å². The summed E-state index contributed by atoms with van der Waals surface area (Å²) in [4.78, 5) is 73.0. The Bertz CT molecular complexity index is 2860. The molecular weight excluding hydrogens is 1400 g/mol. The number of hydrogen-bond donors (Lipinski definition) is 3. The Morgan fingerprint density at radius 1 is 0.278 bits per heavy atom. The first-order chi connectivity index (χ1) is 52.7. The zero-order chi connectivity index (χ0) is 78.9. The van der Waals surface area contributed by atoms with E-state index in [4.69, 9.17) is 37.0 Å². The third-order valence-electron chi connectivity index (χ3n) is 15.8. The van der Waals surface area contributed by atoms with Crippen LogP contribution < -0.4 is 0 Å². The summed E-state index contributed by atoms with van der Waals surface area (Å²) in [5.41, 5.74) is 0. The van der Waals surface area contributed by atoms with E-state index in [9.17, 15) is 43.2 Å². The summed E-state index contributed by atoms with van der Waals surface area (Å²) in [5.74, 6) is -2.48. The first-order valence-electron chi connectivity index (χ1n) is 40.3. The fourth-order valence-corrected chi connectivity index (χ4v) is 11.3. The van der Waals surface area contributed by atoms with E-state index in [1.54, 1.807) is 6.08 Å². The molecule has 0 amide bonds. The Kier molecular flexibility index (Phi) is 74.1. The molecule has 108 heavy (non-hydrogen) atoms. The van der Waals surface area contributed by atoms with Gasteiger partial charge in [-0.15, -0.1) is 0 Å². The summed E-state index contributed by atoms with van der Waals surface area (Å²) in [6, 6.07) is 0. The van der Waals surface area contributed by atoms with E-state index in [-0.39, 0.29) is 25.7 Å². The Labute approximate surface area is 652 Å². The molecule has 0 aromatic heterocycles. The number of allylic oxidation sites excluding steroid dienone is 33. The van der Waals surface area contributed by atoms with E-state index >= 15 is 0 Å². The lowest BCUT2D eigenvalue weighted by atomic mass is 10.1. The second-order valence-electron chi connectivity index (χ2n) is 25.9. The minimum atomic E-state index is -5.02. The van der Waals surface area contributed by atoms with E-state index in [1.807, 2.05) is 36.5 Å². The van der Waals surface area contributed by atoms with E-state index < -0.39 is 97.5 Å². The molecule has 0 aromatic rings. The number of carbonyl (C=O) groups excluding carboxylic acids is 4. The fraction of sp³-hybridized carbons (Fsp3) is 0.573. The van der Waals surface area contributed by atoms with Gasteiger partial charge in [-0.05, 0) is 161 Å². The number of unbranched alkanes of at least 4 members (excludes halogenated alkanes) is 14. The number of rotatable bonds is 73. The predicted octanol–water partition coefficient (Wildman–Crippen LogP) is 23.9. The first-order valence-corrected chi connectivity index (χ1v) is 43.3. The summed E-state index contributed by atoms with van der Waals surface area (Å²) >= 11 is 0. The van der Waals surface area contributed by atoms with E-state index in [0.29, 0.717) is 32.1 Å². The highest BCUT2D eigenvalue weighted by Crippen LogP contribution is 2.45. The Morgan fingerprint density at radius 2 is 0.537 bits per heavy atom. The average molecular weight is 1540 g/mol. The van der Waals surface area contributed by atoms with Crippen molar-refractivity contribution in [2.75, 3.05) is 39.6 Å². The number of carbonyl (C=O) groups is 4. The van der Waals surface area contributed by atoms with Gasteiger partial charge in [0.2, 0.25) is 0 Å². The van der Waals surface area contributed by atoms with Crippen molar-refractivity contribution in [3.05, 3.63) is 207 Å². The lowest BCUT2D eigenvalue weighted by Crippen LogP contribution is -2.30. The summed E-state index contributed by atoms with van der Waals surface area (Å²) in [6.07, 6.45) is 98.5. The molecule has 0 rings (SSSR count). The largest absolute Gasteiger partial charge is 0.472 e. The lowest BCUT2D eigenvalue weighted by molar-refractivity contribution is -0.161. The van der Waals surface area contributed by atoms with Crippen LogP contribution >= 0.6 is 15.6 Å². The summed E-state index contributed by atoms with van der Waals surface area (Å²) in [5, 5.41) is 10.6. The quantitative estimate of drug-likeness (QED) is 0.0169. The van der Waals surface area contributed by atoms with Crippen molar-refractivity contribution in [3.63, 3.8) is 0 Å². The number of ether oxygens (including phenoxy) is 4. The molecule has 0 fully saturated rings. The number of phosphoric ester groups is 2. The maximum Gasteiger partial charge on any atom is 0.472 e. The van der Waals surface area contributed by atoms with Crippen LogP contribution in [0.5, 0.6) is 0 Å². The second-order valence-corrected chi connectivity index (χ2v) is 28.8. The summed E-state index contributed by atoms with van der Waals surface area (Å²) < 4.78 is 68.4. The van der Waals surface area contributed by atoms with Crippen molar-refractivity contribution >= 4 is 39.5 Å². The molecule has 0 saturated heterocycles. The van der Waals surface area contributed by atoms with Crippen molar-refractivity contribution in [2.45, 2.75) is 290 Å². The van der Waals surface area contributed by atoms with E-state index in [2.05, 4.69) is 192 Å². The molecule has 17 nitrogen and oxygen atoms in total. The van der Waals surface area contributed by atoms with Gasteiger partial charge in [0.25, 0.3) is 0 Å². The van der Waals surface area contributed by atoms with Crippen molar-refractivity contribution in [3.8, 4) is 0 Å². The number of aliphatic hydroxyl groups excluding tert-OH is 1. The molecule has 0 spiro atoms. The molecule has 0 saturated carbocycles. The van der Waals surface area contributed by atoms with Crippen LogP contribution in [0.1, 0.15) is 272 Å². The minimum Gasteiger partial charge on any atom is -0.462 e. The van der Waals surface area contributed by atoms with Gasteiger partial charge in [0, 0.05) is 19.3 Å². The van der Waals surface area contributed by atoms with Crippen LogP contribution in [0.25, 0.3) is 0 Å². The van der Waals surface area contributed by atoms with Gasteiger partial charge < -0.3 is 33.8 Å². The summed E-state index contributed by atoms with van der Waals surface area (Å²) in [7, 11) is -10.0. The van der Waals surface area contributed by atoms with Crippen LogP contribution in [0.15, 0.2) is 207 Å². The van der Waals surface area contributed by atoms with Gasteiger partial charge in [-0.3, -0.25) is 37.3 Å². The zero-order valence-corrected chi connectivity index (χ0v) is 68.2. The van der Waals surface area contributed by atoms with Crippen LogP contribution in [0.2, 0.25) is 0 Å². The summed E-state index contributed by atoms with van der Waals surface area (Å²) in [6.45, 7) is 4.24. The molecule has 5 atom stereocenters. The van der Waals surface area contributed by atoms with Gasteiger partial charge >= 0.3 is 39.5 Å². The fourth-order valence-electron chi connectivity index (χ4n) is 9.75. The van der Waals surface area contributed by atoms with Crippen molar-refractivity contribution < 1.29 is 80.2 Å². The van der Waals surface area contributed by atoms with Crippen LogP contribution in [-0.2, 0) is 65.4 Å². The van der Waals surface area contributed by atoms with Crippen LogP contribution in [0.4, 0.5) is 0 Å². The molecule has 0 heterocycles. The van der Waals surface area contributed by atoms with Crippen molar-refractivity contribution in [2.24, 2.45) is 0 Å². The standard InChI is InChI=1S/C89H140O17P2/c1-5-9-13-17-21-25-29-33-37-39-41-43-47-50-54-58-62-66-70-74-87(92)100-80-85(106-89(94)76-72-68-64-60-56-52-48-44-42-40-38-34-30-26-22-18-14-10-6-2)82-104-108(97,98)102-78-83(90)77-101-107(95,96)103-81-84(105-88(93)75-71-67-63-59-55-51-46-36-32-28-24-20-16-12-8-4)79-99-86(91)73-69-65-61-57-53-49-45-35-31-27-23-19-15-11-7-3/h9,11-13,15-16,21-28,33-38,41-46,50,53-54,57,62,65-66,69,83-85,90H,5-8,10,14,17-20,29-32,39-40,47-49,51-52,55-56,58-61,63-64,67-68,70-82H2,1-4H3,(H,95,96)(H,97,98)/b13-9-,15-11-,16-12-,25-21-,26-22-,27-23-,28-24-,37-33-,38-34-,43-41-,44-42-,45-35-,46-36-,54-50-,57-53-,66-62-,69-65-. The van der Waals surface area contributed by atoms with Crippen LogP contribution in [0.3, 0.4) is 0 Å². The van der Waals surface area contributed by atoms with Gasteiger partial charge in [0.1, 0.15) is 19.3 Å². The third-order valence-corrected chi connectivity index (χ3v) is 17.7. The first kappa shape index (κ1) is 102. The molecule has 0 aliphatic rings. The average Bonchev–Trinajstić information content (AvgIpc) is 0.896. The Balaban J connectivity index is 5.55. The van der Waals surface area contributed by atoms with E-state index in [1.165, 1.54) is 19.3 Å². The molecule has 0 bridgehead atoms. The number of esters is 4. The second kappa shape index (κ2) is 78.8. The molecule has 0 radical (unpaired) electrons. The maximum absolute atomic E-state index is 13.1. The third kappa shape index (κ3) is 77.8. The topological polar surface area (TPSA) is 237 Å². The van der Waals surface area contributed by atoms with Gasteiger partial charge in [-0.2, -0.15) is 0 Å². The highest BCUT2D eigenvalue weighted by molar-refractivity contribution is 7.47. The van der Waals surface area contributed by atoms with Crippen molar-refractivity contribution in [1.29, 1.82) is 0 Å². The Morgan fingerprint density at radius 3 is 0.861 bits per heavy atom. The Hall–Kier alpha value is -6.36. The number of phosphoric acid groups is 2. The molecule has 0 aliphatic heterocycles. The normalized spacial score (nSPS) is 14.9. The smallest absolute Gasteiger partial charge is 0.462 e.